The second-order valence-corrected chi connectivity index (χ2v) is 9.18. The van der Waals surface area contributed by atoms with E-state index < -0.39 is 5.97 Å². The summed E-state index contributed by atoms with van der Waals surface area (Å²) in [6, 6.07) is 13.2. The molecule has 4 rings (SSSR count). The van der Waals surface area contributed by atoms with Crippen LogP contribution < -0.4 is 4.59 Å². The number of benzene rings is 2. The maximum atomic E-state index is 12.1. The van der Waals surface area contributed by atoms with Crippen molar-refractivity contribution in [3.8, 4) is 0 Å². The molecule has 2 aliphatic heterocycles. The summed E-state index contributed by atoms with van der Waals surface area (Å²) in [5.74, 6) is -0.472. The summed E-state index contributed by atoms with van der Waals surface area (Å²) in [6.07, 6.45) is 3.22. The first-order valence-corrected chi connectivity index (χ1v) is 11.3. The number of amidine groups is 1. The molecule has 2 aromatic rings. The molecule has 0 aromatic heterocycles. The van der Waals surface area contributed by atoms with E-state index in [9.17, 15) is 9.90 Å². The fourth-order valence-electron chi connectivity index (χ4n) is 4.34. The van der Waals surface area contributed by atoms with Crippen LogP contribution >= 0.6 is 39.1 Å². The molecule has 0 amide bonds. The first kappa shape index (κ1) is 21.5. The van der Waals surface area contributed by atoms with E-state index in [1.807, 2.05) is 37.3 Å². The van der Waals surface area contributed by atoms with E-state index in [1.165, 1.54) is 0 Å². The van der Waals surface area contributed by atoms with Crippen molar-refractivity contribution >= 4 is 56.6 Å². The lowest BCUT2D eigenvalue weighted by Gasteiger charge is -2.44. The van der Waals surface area contributed by atoms with Crippen LogP contribution in [0.5, 0.6) is 0 Å². The number of aliphatic imine (C=N–C) groups is 1. The van der Waals surface area contributed by atoms with Crippen LogP contribution in [0, 0.1) is 0 Å². The third-order valence-corrected chi connectivity index (χ3v) is 6.76. The highest BCUT2D eigenvalue weighted by molar-refractivity contribution is 9.10. The summed E-state index contributed by atoms with van der Waals surface area (Å²) in [4.78, 5) is 16.8. The Hall–Kier alpha value is -1.70. The van der Waals surface area contributed by atoms with Crippen molar-refractivity contribution in [1.82, 2.24) is 9.60 Å². The van der Waals surface area contributed by atoms with Crippen molar-refractivity contribution in [2.24, 2.45) is 4.99 Å². The van der Waals surface area contributed by atoms with Gasteiger partial charge in [0.05, 0.1) is 10.6 Å². The second-order valence-electron chi connectivity index (χ2n) is 7.42. The lowest BCUT2D eigenvalue weighted by Crippen LogP contribution is -2.64. The molecule has 1 saturated heterocycles. The molecule has 0 aliphatic carbocycles. The van der Waals surface area contributed by atoms with Crippen molar-refractivity contribution in [3.63, 3.8) is 0 Å². The Bertz CT molecular complexity index is 1060. The monoisotopic (exact) mass is 508 g/mol. The standard InChI is InChI=1S/C22H20BrCl2N3O2/c1-14-20(22(29)30)26-21(18-10-7-16(24)13-19(18)25)28(14,27-11-3-2-4-12-27)17-8-5-15(23)6-9-17/h5-10,13H,2-4,11-12H2,1H3/p+1. The first-order valence-electron chi connectivity index (χ1n) is 9.75. The Morgan fingerprint density at radius 1 is 1.10 bits per heavy atom. The van der Waals surface area contributed by atoms with Crippen LogP contribution in [-0.4, -0.2) is 35.0 Å². The number of aliphatic carboxylic acids is 1. The number of carboxylic acid groups (broad SMARTS) is 1. The molecule has 0 radical (unpaired) electrons. The van der Waals surface area contributed by atoms with E-state index in [0.29, 0.717) is 27.1 Å². The number of carbonyl (C=O) groups is 1. The van der Waals surface area contributed by atoms with E-state index in [1.54, 1.807) is 12.1 Å². The number of hydrogen-bond donors (Lipinski definition) is 1. The quantitative estimate of drug-likeness (QED) is 0.496. The van der Waals surface area contributed by atoms with Gasteiger partial charge in [0.1, 0.15) is 0 Å². The molecule has 8 heteroatoms. The Balaban J connectivity index is 2.03. The number of hydrogen-bond acceptors (Lipinski definition) is 3. The SMILES string of the molecule is CC1=C(C(=O)O)N=C(c2ccc(Cl)cc2Cl)[N+]1(c1ccc(Br)cc1)N1CCCCC1. The van der Waals surface area contributed by atoms with Crippen LogP contribution in [0.2, 0.25) is 10.0 Å². The predicted octanol–water partition coefficient (Wildman–Crippen LogP) is 6.24. The summed E-state index contributed by atoms with van der Waals surface area (Å²) >= 11 is 16.2. The summed E-state index contributed by atoms with van der Waals surface area (Å²) in [6.45, 7) is 3.50. The van der Waals surface area contributed by atoms with E-state index >= 15 is 0 Å². The first-order chi connectivity index (χ1) is 14.4. The van der Waals surface area contributed by atoms with Gasteiger partial charge in [-0.05, 0) is 43.2 Å². The molecule has 30 heavy (non-hydrogen) atoms. The minimum Gasteiger partial charge on any atom is -0.476 e. The lowest BCUT2D eigenvalue weighted by atomic mass is 10.1. The number of carboxylic acids is 1. The number of halogens is 3. The number of quaternary nitrogens is 1. The van der Waals surface area contributed by atoms with Crippen molar-refractivity contribution in [3.05, 3.63) is 73.9 Å². The highest BCUT2D eigenvalue weighted by atomic mass is 79.9. The number of nitrogens with zero attached hydrogens (tertiary/aromatic N) is 3. The number of piperidine rings is 1. The minimum absolute atomic E-state index is 0.0458. The van der Waals surface area contributed by atoms with Gasteiger partial charge in [-0.1, -0.05) is 45.6 Å². The molecule has 156 valence electrons. The minimum atomic E-state index is -1.05. The van der Waals surface area contributed by atoms with Gasteiger partial charge in [0.2, 0.25) is 5.70 Å². The number of allylic oxidation sites excluding steroid dienone is 1. The zero-order chi connectivity index (χ0) is 21.5. The smallest absolute Gasteiger partial charge is 0.360 e. The Morgan fingerprint density at radius 3 is 2.37 bits per heavy atom. The molecule has 1 unspecified atom stereocenters. The highest BCUT2D eigenvalue weighted by Crippen LogP contribution is 2.43. The molecule has 1 atom stereocenters. The Morgan fingerprint density at radius 2 is 1.77 bits per heavy atom. The molecular weight excluding hydrogens is 489 g/mol. The molecule has 0 spiro atoms. The second kappa shape index (κ2) is 8.44. The van der Waals surface area contributed by atoms with Gasteiger partial charge in [-0.2, -0.15) is 4.99 Å². The zero-order valence-electron chi connectivity index (χ0n) is 16.4. The van der Waals surface area contributed by atoms with Crippen LogP contribution in [0.3, 0.4) is 0 Å². The third kappa shape index (κ3) is 3.51. The largest absolute Gasteiger partial charge is 0.476 e. The van der Waals surface area contributed by atoms with Crippen LogP contribution in [-0.2, 0) is 4.79 Å². The van der Waals surface area contributed by atoms with Crippen molar-refractivity contribution in [2.45, 2.75) is 26.2 Å². The molecule has 2 heterocycles. The third-order valence-electron chi connectivity index (χ3n) is 5.68. The summed E-state index contributed by atoms with van der Waals surface area (Å²) < 4.78 is 1.07. The van der Waals surface area contributed by atoms with Gasteiger partial charge in [0, 0.05) is 41.6 Å². The molecule has 1 fully saturated rings. The summed E-state index contributed by atoms with van der Waals surface area (Å²) in [5, 5.41) is 13.2. The van der Waals surface area contributed by atoms with E-state index in [4.69, 9.17) is 23.2 Å². The predicted molar refractivity (Wildman–Crippen MR) is 125 cm³/mol. The highest BCUT2D eigenvalue weighted by Gasteiger charge is 2.53. The van der Waals surface area contributed by atoms with Gasteiger partial charge in [-0.15, -0.1) is 9.60 Å². The zero-order valence-corrected chi connectivity index (χ0v) is 19.5. The molecular formula is C22H21BrCl2N3O2+. The average Bonchev–Trinajstić information content (AvgIpc) is 3.03. The van der Waals surface area contributed by atoms with Crippen molar-refractivity contribution in [2.75, 3.05) is 13.1 Å². The van der Waals surface area contributed by atoms with Gasteiger partial charge in [0.25, 0.3) is 5.84 Å². The van der Waals surface area contributed by atoms with Gasteiger partial charge >= 0.3 is 5.97 Å². The van der Waals surface area contributed by atoms with Crippen LogP contribution in [0.15, 0.2) is 63.3 Å². The maximum Gasteiger partial charge on any atom is 0.360 e. The molecule has 0 bridgehead atoms. The molecule has 5 nitrogen and oxygen atoms in total. The fourth-order valence-corrected chi connectivity index (χ4v) is 5.10. The van der Waals surface area contributed by atoms with Gasteiger partial charge < -0.3 is 5.11 Å². The summed E-state index contributed by atoms with van der Waals surface area (Å²) in [5.41, 5.74) is 2.28. The van der Waals surface area contributed by atoms with E-state index in [0.717, 1.165) is 42.5 Å². The van der Waals surface area contributed by atoms with Crippen LogP contribution in [0.4, 0.5) is 5.69 Å². The van der Waals surface area contributed by atoms with Crippen molar-refractivity contribution in [1.29, 1.82) is 0 Å². The Kier molecular flexibility index (Phi) is 6.06. The molecule has 2 aromatic carbocycles. The van der Waals surface area contributed by atoms with Crippen LogP contribution in [0.25, 0.3) is 0 Å². The average molecular weight is 510 g/mol. The number of rotatable bonds is 4. The van der Waals surface area contributed by atoms with Gasteiger partial charge in [-0.25, -0.2) is 4.79 Å². The maximum absolute atomic E-state index is 12.1. The fraction of sp³-hybridized carbons (Fsp3) is 0.273. The van der Waals surface area contributed by atoms with E-state index in [2.05, 4.69) is 25.9 Å². The van der Waals surface area contributed by atoms with Gasteiger partial charge in [0.15, 0.2) is 11.4 Å². The summed E-state index contributed by atoms with van der Waals surface area (Å²) in [7, 11) is 0. The molecule has 0 saturated carbocycles. The molecule has 2 aliphatic rings. The molecule has 1 N–H and O–H groups in total. The van der Waals surface area contributed by atoms with Gasteiger partial charge in [-0.3, -0.25) is 0 Å². The van der Waals surface area contributed by atoms with Crippen molar-refractivity contribution < 1.29 is 9.90 Å². The lowest BCUT2D eigenvalue weighted by molar-refractivity contribution is -0.132. The Labute approximate surface area is 193 Å². The topological polar surface area (TPSA) is 52.9 Å². The van der Waals surface area contributed by atoms with E-state index in [-0.39, 0.29) is 10.3 Å². The van der Waals surface area contributed by atoms with Crippen LogP contribution in [0.1, 0.15) is 31.7 Å². The normalized spacial score (nSPS) is 22.3.